The highest BCUT2D eigenvalue weighted by Crippen LogP contribution is 2.35. The molecule has 1 heterocycles. The van der Waals surface area contributed by atoms with E-state index in [9.17, 15) is 18.0 Å². The molecule has 0 amide bonds. The van der Waals surface area contributed by atoms with Gasteiger partial charge in [-0.1, -0.05) is 11.6 Å². The number of halogens is 4. The monoisotopic (exact) mass is 324 g/mol. The van der Waals surface area contributed by atoms with Gasteiger partial charge in [0.25, 0.3) is 5.56 Å². The third-order valence-corrected chi connectivity index (χ3v) is 3.11. The van der Waals surface area contributed by atoms with Gasteiger partial charge >= 0.3 is 0 Å². The first-order chi connectivity index (χ1) is 10.3. The average Bonchev–Trinajstić information content (AvgIpc) is 2.45. The summed E-state index contributed by atoms with van der Waals surface area (Å²) in [6.07, 6.45) is 0. The van der Waals surface area contributed by atoms with Gasteiger partial charge in [-0.2, -0.15) is 10.5 Å². The van der Waals surface area contributed by atoms with Crippen molar-refractivity contribution in [3.05, 3.63) is 50.0 Å². The molecule has 110 valence electrons. The minimum Gasteiger partial charge on any atom is -0.384 e. The van der Waals surface area contributed by atoms with Gasteiger partial charge in [-0.3, -0.25) is 4.79 Å². The van der Waals surface area contributed by atoms with Gasteiger partial charge in [0.05, 0.1) is 10.6 Å². The molecule has 3 N–H and O–H groups in total. The Balaban J connectivity index is 3.10. The molecule has 0 atom stereocenters. The van der Waals surface area contributed by atoms with E-state index in [2.05, 4.69) is 0 Å². The molecule has 22 heavy (non-hydrogen) atoms. The number of benzene rings is 1. The van der Waals surface area contributed by atoms with E-state index in [1.54, 1.807) is 0 Å². The zero-order valence-corrected chi connectivity index (χ0v) is 11.2. The summed E-state index contributed by atoms with van der Waals surface area (Å²) in [5.41, 5.74) is 1.22. The van der Waals surface area contributed by atoms with Gasteiger partial charge in [0.2, 0.25) is 0 Å². The van der Waals surface area contributed by atoms with Crippen LogP contribution in [0.3, 0.4) is 0 Å². The van der Waals surface area contributed by atoms with E-state index in [1.165, 1.54) is 12.1 Å². The first kappa shape index (κ1) is 15.4. The highest BCUT2D eigenvalue weighted by molar-refractivity contribution is 6.30. The maximum atomic E-state index is 14.0. The van der Waals surface area contributed by atoms with Crippen molar-refractivity contribution in [3.8, 4) is 23.3 Å². The van der Waals surface area contributed by atoms with Crippen molar-refractivity contribution in [3.63, 3.8) is 0 Å². The fourth-order valence-electron chi connectivity index (χ4n) is 1.89. The van der Waals surface area contributed by atoms with Crippen LogP contribution in [0.5, 0.6) is 0 Å². The van der Waals surface area contributed by atoms with Crippen molar-refractivity contribution in [2.45, 2.75) is 0 Å². The van der Waals surface area contributed by atoms with Crippen LogP contribution in [-0.4, -0.2) is 4.98 Å². The average molecular weight is 325 g/mol. The highest BCUT2D eigenvalue weighted by atomic mass is 35.5. The summed E-state index contributed by atoms with van der Waals surface area (Å²) >= 11 is 5.31. The molecule has 0 unspecified atom stereocenters. The van der Waals surface area contributed by atoms with Gasteiger partial charge in [0.1, 0.15) is 34.9 Å². The predicted molar refractivity (Wildman–Crippen MR) is 71.2 cm³/mol. The number of hydrogen-bond donors (Lipinski definition) is 2. The smallest absolute Gasteiger partial charge is 0.268 e. The van der Waals surface area contributed by atoms with E-state index in [4.69, 9.17) is 27.9 Å². The molecule has 0 saturated heterocycles. The van der Waals surface area contributed by atoms with Crippen LogP contribution in [0.15, 0.2) is 10.9 Å². The lowest BCUT2D eigenvalue weighted by Crippen LogP contribution is -2.17. The van der Waals surface area contributed by atoms with Crippen molar-refractivity contribution in [2.24, 2.45) is 0 Å². The lowest BCUT2D eigenvalue weighted by molar-refractivity contribution is 0.499. The number of rotatable bonds is 1. The van der Waals surface area contributed by atoms with Crippen molar-refractivity contribution in [2.75, 3.05) is 5.73 Å². The number of aromatic nitrogens is 1. The first-order valence-corrected chi connectivity index (χ1v) is 5.90. The largest absolute Gasteiger partial charge is 0.384 e. The zero-order chi connectivity index (χ0) is 16.6. The predicted octanol–water partition coefficient (Wildman–Crippen LogP) is 2.44. The summed E-state index contributed by atoms with van der Waals surface area (Å²) in [5, 5.41) is 17.2. The zero-order valence-electron chi connectivity index (χ0n) is 10.5. The Morgan fingerprint density at radius 3 is 2.23 bits per heavy atom. The second kappa shape index (κ2) is 5.43. The van der Waals surface area contributed by atoms with Gasteiger partial charge < -0.3 is 10.7 Å². The molecular weight excluding hydrogens is 321 g/mol. The Hall–Kier alpha value is -2.97. The Morgan fingerprint density at radius 1 is 1.09 bits per heavy atom. The number of aromatic amines is 1. The second-order valence-electron chi connectivity index (χ2n) is 4.06. The van der Waals surface area contributed by atoms with Gasteiger partial charge in [0.15, 0.2) is 11.6 Å². The van der Waals surface area contributed by atoms with Crippen LogP contribution in [-0.2, 0) is 0 Å². The van der Waals surface area contributed by atoms with Gasteiger partial charge in [0, 0.05) is 5.56 Å². The van der Waals surface area contributed by atoms with Crippen LogP contribution in [0.4, 0.5) is 19.0 Å². The molecule has 0 aliphatic rings. The van der Waals surface area contributed by atoms with Crippen LogP contribution < -0.4 is 11.3 Å². The van der Waals surface area contributed by atoms with E-state index >= 15 is 0 Å². The number of hydrogen-bond acceptors (Lipinski definition) is 4. The number of nitrogens with two attached hydrogens (primary N) is 1. The molecule has 9 heteroatoms. The molecule has 0 aliphatic heterocycles. The second-order valence-corrected chi connectivity index (χ2v) is 4.47. The van der Waals surface area contributed by atoms with E-state index < -0.39 is 56.1 Å². The SMILES string of the molecule is N#Cc1c(N)[nH]c(=O)c(C#N)c1-c1c(F)cc(Cl)c(F)c1F. The van der Waals surface area contributed by atoms with Crippen molar-refractivity contribution in [1.29, 1.82) is 10.5 Å². The lowest BCUT2D eigenvalue weighted by atomic mass is 9.95. The van der Waals surface area contributed by atoms with E-state index in [1.807, 2.05) is 4.98 Å². The number of nitrogens with zero attached hydrogens (tertiary/aromatic N) is 2. The number of pyridine rings is 1. The molecule has 5 nitrogen and oxygen atoms in total. The maximum Gasteiger partial charge on any atom is 0.268 e. The Bertz CT molecular complexity index is 941. The van der Waals surface area contributed by atoms with Gasteiger partial charge in [-0.15, -0.1) is 0 Å². The third-order valence-electron chi connectivity index (χ3n) is 2.83. The molecule has 0 spiro atoms. The van der Waals surface area contributed by atoms with Gasteiger partial charge in [-0.05, 0) is 6.07 Å². The number of nitriles is 2. The van der Waals surface area contributed by atoms with Crippen LogP contribution in [0.2, 0.25) is 5.02 Å². The molecule has 2 rings (SSSR count). The molecule has 1 aromatic carbocycles. The Kier molecular flexibility index (Phi) is 3.81. The number of anilines is 1. The topological polar surface area (TPSA) is 106 Å². The summed E-state index contributed by atoms with van der Waals surface area (Å²) < 4.78 is 41.6. The van der Waals surface area contributed by atoms with Crippen molar-refractivity contribution >= 4 is 17.4 Å². The normalized spacial score (nSPS) is 10.1. The lowest BCUT2D eigenvalue weighted by Gasteiger charge is -2.11. The third kappa shape index (κ3) is 2.16. The molecule has 0 fully saturated rings. The number of H-pyrrole nitrogens is 1. The minimum atomic E-state index is -1.73. The van der Waals surface area contributed by atoms with Crippen LogP contribution in [0, 0.1) is 40.1 Å². The quantitative estimate of drug-likeness (QED) is 0.620. The van der Waals surface area contributed by atoms with E-state index in [0.29, 0.717) is 6.07 Å². The molecule has 0 radical (unpaired) electrons. The minimum absolute atomic E-state index is 0.467. The number of nitrogen functional groups attached to an aromatic ring is 1. The molecule has 0 saturated carbocycles. The summed E-state index contributed by atoms with van der Waals surface area (Å²) in [5.74, 6) is -5.16. The molecular formula is C13H4ClF3N4O. The highest BCUT2D eigenvalue weighted by Gasteiger charge is 2.27. The molecule has 2 aromatic rings. The van der Waals surface area contributed by atoms with E-state index in [-0.39, 0.29) is 0 Å². The molecule has 0 bridgehead atoms. The number of nitrogens with one attached hydrogen (secondary N) is 1. The Morgan fingerprint density at radius 2 is 1.68 bits per heavy atom. The molecule has 1 aromatic heterocycles. The van der Waals surface area contributed by atoms with Crippen molar-refractivity contribution < 1.29 is 13.2 Å². The summed E-state index contributed by atoms with van der Waals surface area (Å²) in [4.78, 5) is 13.7. The standard InChI is InChI=1S/C13H4ClF3N4O/c14-6-1-7(15)9(11(17)10(6)16)8-4(2-18)12(20)21-13(22)5(8)3-19/h1H,(H3,20,21,22). The summed E-state index contributed by atoms with van der Waals surface area (Å²) in [6.45, 7) is 0. The van der Waals surface area contributed by atoms with E-state index in [0.717, 1.165) is 0 Å². The van der Waals surface area contributed by atoms with Crippen LogP contribution in [0.1, 0.15) is 11.1 Å². The van der Waals surface area contributed by atoms with Crippen LogP contribution in [0.25, 0.3) is 11.1 Å². The molecule has 0 aliphatic carbocycles. The summed E-state index contributed by atoms with van der Waals surface area (Å²) in [7, 11) is 0. The van der Waals surface area contributed by atoms with Crippen LogP contribution >= 0.6 is 11.6 Å². The fourth-order valence-corrected chi connectivity index (χ4v) is 2.07. The van der Waals surface area contributed by atoms with Crippen molar-refractivity contribution in [1.82, 2.24) is 4.98 Å². The van der Waals surface area contributed by atoms with Gasteiger partial charge in [-0.25, -0.2) is 13.2 Å². The fraction of sp³-hybridized carbons (Fsp3) is 0. The summed E-state index contributed by atoms with van der Waals surface area (Å²) in [6, 6.07) is 3.40. The maximum absolute atomic E-state index is 14.0. The first-order valence-electron chi connectivity index (χ1n) is 5.52. The Labute approximate surface area is 126 Å².